The fraction of sp³-hybridized carbons (Fsp3) is 0.714. The van der Waals surface area contributed by atoms with Gasteiger partial charge >= 0.3 is 5.97 Å². The molecular weight excluding hydrogens is 130 g/mol. The lowest BCUT2D eigenvalue weighted by Crippen LogP contribution is -2.25. The number of carbonyl (C=O) groups excluding carboxylic acids is 1. The van der Waals surface area contributed by atoms with E-state index in [1.54, 1.807) is 20.8 Å². The third-order valence-electron chi connectivity index (χ3n) is 0.927. The molecule has 0 bridgehead atoms. The Morgan fingerprint density at radius 1 is 1.70 bits per heavy atom. The van der Waals surface area contributed by atoms with Gasteiger partial charge in [-0.3, -0.25) is 4.79 Å². The summed E-state index contributed by atoms with van der Waals surface area (Å²) in [5.41, 5.74) is -0.979. The van der Waals surface area contributed by atoms with E-state index in [4.69, 9.17) is 10.00 Å². The molecule has 3 heteroatoms. The molecule has 0 radical (unpaired) electrons. The zero-order valence-corrected chi connectivity index (χ0v) is 6.47. The van der Waals surface area contributed by atoms with Gasteiger partial charge in [0.2, 0.25) is 0 Å². The lowest BCUT2D eigenvalue weighted by atomic mass is 10.2. The minimum Gasteiger partial charge on any atom is -0.444 e. The quantitative estimate of drug-likeness (QED) is 0.543. The van der Waals surface area contributed by atoms with Gasteiger partial charge in [0, 0.05) is 6.42 Å². The van der Waals surface area contributed by atoms with Crippen molar-refractivity contribution in [2.75, 3.05) is 0 Å². The first kappa shape index (κ1) is 8.96. The average molecular weight is 141 g/mol. The fourth-order valence-corrected chi connectivity index (χ4v) is 0.380. The molecule has 0 heterocycles. The van der Waals surface area contributed by atoms with Crippen LogP contribution in [0.25, 0.3) is 0 Å². The monoisotopic (exact) mass is 141 g/mol. The molecule has 0 saturated heterocycles. The molecular formula is C7H11NO2. The molecule has 3 nitrogen and oxygen atoms in total. The van der Waals surface area contributed by atoms with E-state index < -0.39 is 5.60 Å². The van der Waals surface area contributed by atoms with Crippen molar-refractivity contribution in [3.8, 4) is 6.07 Å². The summed E-state index contributed by atoms with van der Waals surface area (Å²) in [6.07, 6.45) is 0.311. The van der Waals surface area contributed by atoms with Crippen molar-refractivity contribution in [1.29, 1.82) is 5.26 Å². The number of esters is 1. The zero-order valence-electron chi connectivity index (χ0n) is 6.47. The van der Waals surface area contributed by atoms with Gasteiger partial charge in [-0.2, -0.15) is 5.26 Å². The highest BCUT2D eigenvalue weighted by Crippen LogP contribution is 2.07. The molecule has 0 fully saturated rings. The molecule has 0 aromatic carbocycles. The first-order valence-corrected chi connectivity index (χ1v) is 3.15. The van der Waals surface area contributed by atoms with E-state index in [2.05, 4.69) is 0 Å². The summed E-state index contributed by atoms with van der Waals surface area (Å²) in [4.78, 5) is 10.6. The second-order valence-electron chi connectivity index (χ2n) is 2.45. The Morgan fingerprint density at radius 3 is 2.50 bits per heavy atom. The van der Waals surface area contributed by atoms with Gasteiger partial charge in [0.25, 0.3) is 0 Å². The summed E-state index contributed by atoms with van der Waals surface area (Å²) in [7, 11) is 0. The molecule has 0 aliphatic rings. The summed E-state index contributed by atoms with van der Waals surface area (Å²) in [6, 6.07) is 1.86. The second-order valence-corrected chi connectivity index (χ2v) is 2.45. The third-order valence-corrected chi connectivity index (χ3v) is 0.927. The maximum absolute atomic E-state index is 10.6. The van der Waals surface area contributed by atoms with E-state index in [1.807, 2.05) is 6.07 Å². The lowest BCUT2D eigenvalue weighted by molar-refractivity contribution is -0.151. The zero-order chi connectivity index (χ0) is 8.20. The van der Waals surface area contributed by atoms with Crippen LogP contribution in [-0.4, -0.2) is 11.6 Å². The number of rotatable bonds is 2. The van der Waals surface area contributed by atoms with E-state index in [1.165, 1.54) is 0 Å². The van der Waals surface area contributed by atoms with Gasteiger partial charge < -0.3 is 4.74 Å². The number of hydrogen-bond acceptors (Lipinski definition) is 3. The average Bonchev–Trinajstić information content (AvgIpc) is 1.87. The van der Waals surface area contributed by atoms with Crippen LogP contribution in [0.5, 0.6) is 0 Å². The van der Waals surface area contributed by atoms with E-state index in [0.29, 0.717) is 6.42 Å². The van der Waals surface area contributed by atoms with Crippen LogP contribution in [-0.2, 0) is 9.53 Å². The summed E-state index contributed by atoms with van der Waals surface area (Å²) < 4.78 is 4.74. The van der Waals surface area contributed by atoms with Crippen molar-refractivity contribution >= 4 is 5.97 Å². The Balaban J connectivity index is 3.92. The van der Waals surface area contributed by atoms with Crippen LogP contribution in [0.2, 0.25) is 0 Å². The minimum absolute atomic E-state index is 0.311. The molecule has 10 heavy (non-hydrogen) atoms. The van der Waals surface area contributed by atoms with E-state index in [0.717, 1.165) is 0 Å². The van der Waals surface area contributed by atoms with Crippen molar-refractivity contribution < 1.29 is 9.53 Å². The number of hydrogen-bond donors (Lipinski definition) is 0. The van der Waals surface area contributed by atoms with Crippen molar-refractivity contribution in [3.63, 3.8) is 0 Å². The Bertz CT molecular complexity index is 167. The number of nitrogens with zero attached hydrogens (tertiary/aromatic N) is 1. The maximum atomic E-state index is 10.6. The highest BCUT2D eigenvalue weighted by molar-refractivity contribution is 5.69. The molecule has 0 aromatic heterocycles. The Kier molecular flexibility index (Phi) is 2.88. The standard InChI is InChI=1S/C7H11NO2/c1-4-6(9)10-7(2,3)5-8/h4H2,1-3H3. The second kappa shape index (κ2) is 3.21. The summed E-state index contributed by atoms with van der Waals surface area (Å²) >= 11 is 0. The Morgan fingerprint density at radius 2 is 2.20 bits per heavy atom. The van der Waals surface area contributed by atoms with Crippen molar-refractivity contribution in [1.82, 2.24) is 0 Å². The highest BCUT2D eigenvalue weighted by atomic mass is 16.6. The predicted molar refractivity (Wildman–Crippen MR) is 36.1 cm³/mol. The van der Waals surface area contributed by atoms with E-state index in [-0.39, 0.29) is 5.97 Å². The number of carbonyl (C=O) groups is 1. The third kappa shape index (κ3) is 3.08. The van der Waals surface area contributed by atoms with E-state index >= 15 is 0 Å². The smallest absolute Gasteiger partial charge is 0.307 e. The van der Waals surface area contributed by atoms with Gasteiger partial charge in [0.05, 0.1) is 0 Å². The van der Waals surface area contributed by atoms with Gasteiger partial charge in [-0.15, -0.1) is 0 Å². The Hall–Kier alpha value is -1.04. The summed E-state index contributed by atoms with van der Waals surface area (Å²) in [6.45, 7) is 4.80. The van der Waals surface area contributed by atoms with Gasteiger partial charge in [-0.25, -0.2) is 0 Å². The Labute approximate surface area is 60.6 Å². The van der Waals surface area contributed by atoms with Crippen LogP contribution in [0, 0.1) is 11.3 Å². The molecule has 0 amide bonds. The van der Waals surface area contributed by atoms with Crippen molar-refractivity contribution in [2.45, 2.75) is 32.8 Å². The van der Waals surface area contributed by atoms with E-state index in [9.17, 15) is 4.79 Å². The van der Waals surface area contributed by atoms with Gasteiger partial charge in [0.15, 0.2) is 5.60 Å². The van der Waals surface area contributed by atoms with Crippen molar-refractivity contribution in [2.24, 2.45) is 0 Å². The topological polar surface area (TPSA) is 50.1 Å². The molecule has 0 atom stereocenters. The van der Waals surface area contributed by atoms with Crippen LogP contribution >= 0.6 is 0 Å². The molecule has 0 unspecified atom stereocenters. The number of nitriles is 1. The van der Waals surface area contributed by atoms with Gasteiger partial charge in [-0.1, -0.05) is 6.92 Å². The lowest BCUT2D eigenvalue weighted by Gasteiger charge is -2.15. The summed E-state index contributed by atoms with van der Waals surface area (Å²) in [5.74, 6) is -0.341. The van der Waals surface area contributed by atoms with Crippen LogP contribution in [0.3, 0.4) is 0 Å². The SMILES string of the molecule is CCC(=O)OC(C)(C)C#N. The number of ether oxygens (including phenoxy) is 1. The first-order chi connectivity index (χ1) is 4.52. The molecule has 0 N–H and O–H groups in total. The molecule has 0 rings (SSSR count). The molecule has 0 aliphatic carbocycles. The molecule has 0 spiro atoms. The van der Waals surface area contributed by atoms with Crippen LogP contribution in [0.1, 0.15) is 27.2 Å². The molecule has 56 valence electrons. The molecule has 0 aliphatic heterocycles. The van der Waals surface area contributed by atoms with Crippen LogP contribution < -0.4 is 0 Å². The molecule has 0 saturated carbocycles. The largest absolute Gasteiger partial charge is 0.444 e. The van der Waals surface area contributed by atoms with Crippen LogP contribution in [0.15, 0.2) is 0 Å². The highest BCUT2D eigenvalue weighted by Gasteiger charge is 2.20. The van der Waals surface area contributed by atoms with Crippen LogP contribution in [0.4, 0.5) is 0 Å². The molecule has 0 aromatic rings. The van der Waals surface area contributed by atoms with Gasteiger partial charge in [-0.05, 0) is 13.8 Å². The minimum atomic E-state index is -0.979. The first-order valence-electron chi connectivity index (χ1n) is 3.15. The van der Waals surface area contributed by atoms with Crippen molar-refractivity contribution in [3.05, 3.63) is 0 Å². The summed E-state index contributed by atoms with van der Waals surface area (Å²) in [5, 5.41) is 8.41. The maximum Gasteiger partial charge on any atom is 0.307 e. The normalized spacial score (nSPS) is 10.2. The fourth-order valence-electron chi connectivity index (χ4n) is 0.380. The van der Waals surface area contributed by atoms with Gasteiger partial charge in [0.1, 0.15) is 6.07 Å². The predicted octanol–water partition coefficient (Wildman–Crippen LogP) is 1.24.